The Labute approximate surface area is 169 Å². The number of hydrogen-bond donors (Lipinski definition) is 2. The zero-order valence-corrected chi connectivity index (χ0v) is 18.8. The highest BCUT2D eigenvalue weighted by Crippen LogP contribution is 2.24. The minimum Gasteiger partial charge on any atom is -0.354 e. The molecule has 3 unspecified atom stereocenters. The number of hydrogen-bond acceptors (Lipinski definition) is 5. The fourth-order valence-corrected chi connectivity index (χ4v) is 6.89. The average Bonchev–Trinajstić information content (AvgIpc) is 3.14. The van der Waals surface area contributed by atoms with Gasteiger partial charge < -0.3 is 10.6 Å². The van der Waals surface area contributed by atoms with Crippen LogP contribution in [0.3, 0.4) is 0 Å². The summed E-state index contributed by atoms with van der Waals surface area (Å²) in [6.45, 7) is 2.48. The normalized spacial score (nSPS) is 22.6. The van der Waals surface area contributed by atoms with Crippen molar-refractivity contribution >= 4 is 38.1 Å². The first-order valence-electron chi connectivity index (χ1n) is 9.13. The molecule has 1 aliphatic rings. The summed E-state index contributed by atoms with van der Waals surface area (Å²) in [6, 6.07) is 3.72. The maximum Gasteiger partial charge on any atom is 0.252 e. The van der Waals surface area contributed by atoms with Crippen LogP contribution in [0.4, 0.5) is 0 Å². The summed E-state index contributed by atoms with van der Waals surface area (Å²) < 4.78 is 38.0. The van der Waals surface area contributed by atoms with Gasteiger partial charge in [-0.05, 0) is 31.4 Å². The summed E-state index contributed by atoms with van der Waals surface area (Å²) in [4.78, 5) is 5.19. The highest BCUT2D eigenvalue weighted by Gasteiger charge is 2.26. The number of sulfonamides is 1. The number of thiophene rings is 1. The first kappa shape index (κ1) is 22.3. The van der Waals surface area contributed by atoms with E-state index in [-0.39, 0.29) is 11.3 Å². The van der Waals surface area contributed by atoms with Gasteiger partial charge in [0, 0.05) is 53.9 Å². The molecule has 7 nitrogen and oxygen atoms in total. The van der Waals surface area contributed by atoms with Crippen LogP contribution >= 0.6 is 11.3 Å². The first-order valence-corrected chi connectivity index (χ1v) is 12.8. The Bertz CT molecular complexity index is 774. The second-order valence-electron chi connectivity index (χ2n) is 6.73. The number of rotatable bonds is 7. The van der Waals surface area contributed by atoms with E-state index < -0.39 is 20.8 Å². The molecule has 0 bridgehead atoms. The molecule has 0 radical (unpaired) electrons. The summed E-state index contributed by atoms with van der Waals surface area (Å²) in [7, 11) is 0.633. The van der Waals surface area contributed by atoms with Crippen LogP contribution in [0.2, 0.25) is 0 Å². The Hall–Kier alpha value is -0.970. The maximum atomic E-state index is 12.2. The van der Waals surface area contributed by atoms with Crippen LogP contribution in [-0.4, -0.2) is 61.1 Å². The first-order chi connectivity index (χ1) is 12.8. The highest BCUT2D eigenvalue weighted by molar-refractivity contribution is 7.91. The van der Waals surface area contributed by atoms with Crippen LogP contribution in [0.1, 0.15) is 37.5 Å². The molecule has 2 N–H and O–H groups in total. The van der Waals surface area contributed by atoms with E-state index in [9.17, 15) is 12.6 Å². The zero-order valence-electron chi connectivity index (χ0n) is 16.4. The fourth-order valence-electron chi connectivity index (χ4n) is 3.08. The topological polar surface area (TPSA) is 90.9 Å². The third-order valence-electron chi connectivity index (χ3n) is 4.65. The molecule has 1 aromatic rings. The minimum absolute atomic E-state index is 0.260. The number of nitrogens with one attached hydrogen (secondary N) is 2. The number of guanidine groups is 1. The van der Waals surface area contributed by atoms with Gasteiger partial charge in [0.15, 0.2) is 5.96 Å². The van der Waals surface area contributed by atoms with E-state index in [1.54, 1.807) is 13.1 Å². The van der Waals surface area contributed by atoms with Gasteiger partial charge in [-0.25, -0.2) is 12.7 Å². The standard InChI is InChI=1S/C17H30N4O3S3/c1-5-26(22)15-8-6-7-13(11-15)20-17(18-2)19-12-14-9-10-16(25-14)27(23,24)21(3)4/h9-10,13,15H,5-8,11-12H2,1-4H3,(H2,18,19,20). The zero-order chi connectivity index (χ0) is 20.0. The van der Waals surface area contributed by atoms with Gasteiger partial charge in [0.05, 0.1) is 6.54 Å². The van der Waals surface area contributed by atoms with Crippen molar-refractivity contribution in [3.05, 3.63) is 17.0 Å². The molecule has 154 valence electrons. The molecule has 1 fully saturated rings. The second-order valence-corrected chi connectivity index (χ2v) is 12.3. The molecule has 1 saturated carbocycles. The Morgan fingerprint density at radius 1 is 1.37 bits per heavy atom. The van der Waals surface area contributed by atoms with E-state index in [0.717, 1.165) is 30.6 Å². The Morgan fingerprint density at radius 3 is 2.74 bits per heavy atom. The lowest BCUT2D eigenvalue weighted by Crippen LogP contribution is -2.46. The molecule has 1 aromatic heterocycles. The van der Waals surface area contributed by atoms with Gasteiger partial charge in [0.1, 0.15) is 4.21 Å². The molecule has 1 heterocycles. The largest absolute Gasteiger partial charge is 0.354 e. The predicted molar refractivity (Wildman–Crippen MR) is 113 cm³/mol. The molecular weight excluding hydrogens is 404 g/mol. The fraction of sp³-hybridized carbons (Fsp3) is 0.706. The molecule has 0 spiro atoms. The molecule has 2 rings (SSSR count). The van der Waals surface area contributed by atoms with Gasteiger partial charge in [-0.3, -0.25) is 9.20 Å². The molecule has 0 aliphatic heterocycles. The van der Waals surface area contributed by atoms with Crippen molar-refractivity contribution in [3.8, 4) is 0 Å². The van der Waals surface area contributed by atoms with Crippen molar-refractivity contribution in [2.75, 3.05) is 26.9 Å². The lowest BCUT2D eigenvalue weighted by Gasteiger charge is -2.30. The lowest BCUT2D eigenvalue weighted by molar-refractivity contribution is 0.413. The predicted octanol–water partition coefficient (Wildman–Crippen LogP) is 1.74. The molecular formula is C17H30N4O3S3. The average molecular weight is 435 g/mol. The Kier molecular flexibility index (Phi) is 8.26. The van der Waals surface area contributed by atoms with Gasteiger partial charge in [-0.15, -0.1) is 11.3 Å². The van der Waals surface area contributed by atoms with Crippen molar-refractivity contribution < 1.29 is 12.6 Å². The second kappa shape index (κ2) is 9.99. The summed E-state index contributed by atoms with van der Waals surface area (Å²) in [6.07, 6.45) is 4.04. The monoisotopic (exact) mass is 434 g/mol. The van der Waals surface area contributed by atoms with Crippen LogP contribution in [0.15, 0.2) is 21.3 Å². The van der Waals surface area contributed by atoms with Crippen LogP contribution in [0.25, 0.3) is 0 Å². The van der Waals surface area contributed by atoms with Gasteiger partial charge in [-0.2, -0.15) is 0 Å². The van der Waals surface area contributed by atoms with Crippen molar-refractivity contribution in [1.82, 2.24) is 14.9 Å². The molecule has 0 saturated heterocycles. The summed E-state index contributed by atoms with van der Waals surface area (Å²) in [5.41, 5.74) is 0. The van der Waals surface area contributed by atoms with E-state index in [4.69, 9.17) is 0 Å². The van der Waals surface area contributed by atoms with E-state index in [1.807, 2.05) is 13.0 Å². The molecule has 0 amide bonds. The maximum absolute atomic E-state index is 12.2. The van der Waals surface area contributed by atoms with E-state index >= 15 is 0 Å². The molecule has 3 atom stereocenters. The number of nitrogens with zero attached hydrogens (tertiary/aromatic N) is 2. The van der Waals surface area contributed by atoms with E-state index in [1.165, 1.54) is 29.7 Å². The molecule has 27 heavy (non-hydrogen) atoms. The van der Waals surface area contributed by atoms with Gasteiger partial charge in [-0.1, -0.05) is 13.3 Å². The van der Waals surface area contributed by atoms with Gasteiger partial charge in [0.2, 0.25) is 0 Å². The third-order valence-corrected chi connectivity index (χ3v) is 9.76. The highest BCUT2D eigenvalue weighted by atomic mass is 32.2. The number of aliphatic imine (C=N–C) groups is 1. The SMILES string of the molecule is CCS(=O)C1CCCC(NC(=NC)NCc2ccc(S(=O)(=O)N(C)C)s2)C1. The summed E-state index contributed by atoms with van der Waals surface area (Å²) in [5, 5.41) is 6.93. The smallest absolute Gasteiger partial charge is 0.252 e. The summed E-state index contributed by atoms with van der Waals surface area (Å²) in [5.74, 6) is 1.40. The molecule has 1 aliphatic carbocycles. The van der Waals surface area contributed by atoms with Crippen molar-refractivity contribution in [2.45, 2.75) is 54.7 Å². The Balaban J connectivity index is 1.91. The lowest BCUT2D eigenvalue weighted by atomic mass is 9.95. The van der Waals surface area contributed by atoms with Crippen LogP contribution < -0.4 is 10.6 Å². The van der Waals surface area contributed by atoms with Crippen LogP contribution in [0, 0.1) is 0 Å². The Morgan fingerprint density at radius 2 is 2.11 bits per heavy atom. The van der Waals surface area contributed by atoms with Crippen molar-refractivity contribution in [2.24, 2.45) is 4.99 Å². The molecule has 10 heteroatoms. The minimum atomic E-state index is -3.39. The van der Waals surface area contributed by atoms with E-state index in [2.05, 4.69) is 15.6 Å². The molecule has 0 aromatic carbocycles. The van der Waals surface area contributed by atoms with Crippen LogP contribution in [-0.2, 0) is 27.4 Å². The summed E-state index contributed by atoms with van der Waals surface area (Å²) >= 11 is 1.26. The van der Waals surface area contributed by atoms with Crippen molar-refractivity contribution in [1.29, 1.82) is 0 Å². The van der Waals surface area contributed by atoms with Gasteiger partial charge in [0.25, 0.3) is 10.0 Å². The van der Waals surface area contributed by atoms with Crippen molar-refractivity contribution in [3.63, 3.8) is 0 Å². The van der Waals surface area contributed by atoms with E-state index in [0.29, 0.717) is 22.5 Å². The van der Waals surface area contributed by atoms with Crippen LogP contribution in [0.5, 0.6) is 0 Å². The third kappa shape index (κ3) is 6.00. The quantitative estimate of drug-likeness (QED) is 0.504. The van der Waals surface area contributed by atoms with Gasteiger partial charge >= 0.3 is 0 Å².